The summed E-state index contributed by atoms with van der Waals surface area (Å²) in [5, 5.41) is 8.44. The van der Waals surface area contributed by atoms with E-state index in [1.54, 1.807) is 11.0 Å². The molecule has 2 heterocycles. The number of oxime groups is 1. The molecule has 7 nitrogen and oxygen atoms in total. The predicted molar refractivity (Wildman–Crippen MR) is 92.6 cm³/mol. The first-order valence-electron chi connectivity index (χ1n) is 7.98. The lowest BCUT2D eigenvalue weighted by Crippen LogP contribution is -2.49. The number of rotatable bonds is 3. The molecule has 0 saturated heterocycles. The van der Waals surface area contributed by atoms with Gasteiger partial charge in [-0.1, -0.05) is 5.16 Å². The van der Waals surface area contributed by atoms with Crippen LogP contribution in [0.3, 0.4) is 0 Å². The van der Waals surface area contributed by atoms with Crippen LogP contribution in [0.15, 0.2) is 36.0 Å². The number of ether oxygens (including phenoxy) is 1. The average Bonchev–Trinajstić information content (AvgIpc) is 3.06. The van der Waals surface area contributed by atoms with Crippen LogP contribution in [-0.4, -0.2) is 45.9 Å². The number of aromatic nitrogens is 3. The normalized spacial score (nSPS) is 16.8. The minimum absolute atomic E-state index is 0.0221. The minimum atomic E-state index is -0.0788. The Morgan fingerprint density at radius 3 is 2.83 bits per heavy atom. The summed E-state index contributed by atoms with van der Waals surface area (Å²) in [7, 11) is 2.07. The van der Waals surface area contributed by atoms with Gasteiger partial charge in [-0.3, -0.25) is 0 Å². The van der Waals surface area contributed by atoms with Crippen molar-refractivity contribution in [3.05, 3.63) is 36.4 Å². The molecule has 0 unspecified atom stereocenters. The van der Waals surface area contributed by atoms with Crippen molar-refractivity contribution in [3.8, 4) is 5.75 Å². The number of benzene rings is 1. The summed E-state index contributed by atoms with van der Waals surface area (Å²) in [6.45, 7) is 8.81. The molecule has 1 aromatic carbocycles. The Balaban J connectivity index is 2.04. The van der Waals surface area contributed by atoms with Gasteiger partial charge in [-0.05, 0) is 45.9 Å². The van der Waals surface area contributed by atoms with E-state index < -0.39 is 0 Å². The van der Waals surface area contributed by atoms with E-state index >= 15 is 0 Å². The number of anilines is 1. The molecule has 0 fully saturated rings. The molecule has 128 valence electrons. The Morgan fingerprint density at radius 2 is 2.17 bits per heavy atom. The van der Waals surface area contributed by atoms with Crippen LogP contribution in [0.25, 0.3) is 0 Å². The van der Waals surface area contributed by atoms with Crippen molar-refractivity contribution in [3.63, 3.8) is 0 Å². The standard InChI is InChI=1S/C17H23N5O2/c1-12(2)24-20-16(22-11-18-10-19-22)13-6-7-15-14(8-13)21(5)17(3,4)9-23-15/h6-8,10-12H,9H2,1-5H3/b20-16-. The van der Waals surface area contributed by atoms with E-state index in [0.29, 0.717) is 12.4 Å². The third-order valence-electron chi connectivity index (χ3n) is 4.05. The van der Waals surface area contributed by atoms with Gasteiger partial charge in [0.25, 0.3) is 0 Å². The lowest BCUT2D eigenvalue weighted by molar-refractivity contribution is 0.0851. The molecule has 1 aliphatic rings. The Morgan fingerprint density at radius 1 is 1.38 bits per heavy atom. The molecule has 0 spiro atoms. The first kappa shape index (κ1) is 16.3. The van der Waals surface area contributed by atoms with Gasteiger partial charge in [0, 0.05) is 12.6 Å². The van der Waals surface area contributed by atoms with Crippen LogP contribution in [0.2, 0.25) is 0 Å². The van der Waals surface area contributed by atoms with Crippen LogP contribution >= 0.6 is 0 Å². The second-order valence-electron chi connectivity index (χ2n) is 6.75. The number of hydrogen-bond donors (Lipinski definition) is 0. The highest BCUT2D eigenvalue weighted by Crippen LogP contribution is 2.37. The van der Waals surface area contributed by atoms with Crippen molar-refractivity contribution in [1.29, 1.82) is 0 Å². The summed E-state index contributed by atoms with van der Waals surface area (Å²) in [6.07, 6.45) is 3.06. The predicted octanol–water partition coefficient (Wildman–Crippen LogP) is 2.52. The monoisotopic (exact) mass is 329 g/mol. The molecule has 1 aliphatic heterocycles. The van der Waals surface area contributed by atoms with Crippen LogP contribution in [-0.2, 0) is 4.84 Å². The number of fused-ring (bicyclic) bond motifs is 1. The number of nitrogens with zero attached hydrogens (tertiary/aromatic N) is 5. The average molecular weight is 329 g/mol. The molecule has 0 amide bonds. The first-order chi connectivity index (χ1) is 11.4. The van der Waals surface area contributed by atoms with Gasteiger partial charge in [0.05, 0.1) is 11.2 Å². The highest BCUT2D eigenvalue weighted by Gasteiger charge is 2.32. The van der Waals surface area contributed by atoms with Crippen LogP contribution in [0.5, 0.6) is 5.75 Å². The molecule has 3 rings (SSSR count). The summed E-state index contributed by atoms with van der Waals surface area (Å²) in [5.74, 6) is 1.45. The largest absolute Gasteiger partial charge is 0.489 e. The summed E-state index contributed by atoms with van der Waals surface area (Å²) in [4.78, 5) is 11.7. The molecule has 1 aromatic heterocycles. The SMILES string of the molecule is CC(C)O/N=C(/c1ccc2c(c1)N(C)C(C)(C)CO2)n1cncn1. The number of hydrogen-bond acceptors (Lipinski definition) is 6. The van der Waals surface area contributed by atoms with Gasteiger partial charge < -0.3 is 14.5 Å². The van der Waals surface area contributed by atoms with E-state index in [1.807, 2.05) is 32.0 Å². The second kappa shape index (κ2) is 6.14. The van der Waals surface area contributed by atoms with Gasteiger partial charge in [-0.15, -0.1) is 0 Å². The van der Waals surface area contributed by atoms with E-state index in [2.05, 4.69) is 41.0 Å². The lowest BCUT2D eigenvalue weighted by Gasteiger charge is -2.42. The molecular weight excluding hydrogens is 306 g/mol. The van der Waals surface area contributed by atoms with Crippen molar-refractivity contribution in [2.75, 3.05) is 18.6 Å². The maximum absolute atomic E-state index is 5.89. The quantitative estimate of drug-likeness (QED) is 0.492. The molecule has 2 aromatic rings. The highest BCUT2D eigenvalue weighted by atomic mass is 16.6. The van der Waals surface area contributed by atoms with Gasteiger partial charge in [0.1, 0.15) is 31.1 Å². The topological polar surface area (TPSA) is 64.8 Å². The Hall–Kier alpha value is -2.57. The van der Waals surface area contributed by atoms with Gasteiger partial charge in [-0.25, -0.2) is 4.98 Å². The Labute approximate surface area is 141 Å². The van der Waals surface area contributed by atoms with Crippen LogP contribution in [0.4, 0.5) is 5.69 Å². The Bertz CT molecular complexity index is 737. The van der Waals surface area contributed by atoms with Gasteiger partial charge in [-0.2, -0.15) is 9.78 Å². The maximum Gasteiger partial charge on any atom is 0.201 e. The van der Waals surface area contributed by atoms with Gasteiger partial charge >= 0.3 is 0 Å². The van der Waals surface area contributed by atoms with Crippen molar-refractivity contribution >= 4 is 11.5 Å². The first-order valence-corrected chi connectivity index (χ1v) is 7.98. The molecule has 0 atom stereocenters. The molecule has 0 aliphatic carbocycles. The van der Waals surface area contributed by atoms with E-state index in [-0.39, 0.29) is 11.6 Å². The highest BCUT2D eigenvalue weighted by molar-refractivity contribution is 6.00. The molecule has 7 heteroatoms. The number of likely N-dealkylation sites (N-methyl/N-ethyl adjacent to an activating group) is 1. The van der Waals surface area contributed by atoms with E-state index in [9.17, 15) is 0 Å². The zero-order valence-electron chi connectivity index (χ0n) is 14.7. The molecule has 0 saturated carbocycles. The molecular formula is C17H23N5O2. The van der Waals surface area contributed by atoms with E-state index in [1.165, 1.54) is 6.33 Å². The van der Waals surface area contributed by atoms with Gasteiger partial charge in [0.2, 0.25) is 5.84 Å². The third-order valence-corrected chi connectivity index (χ3v) is 4.05. The fourth-order valence-corrected chi connectivity index (χ4v) is 2.42. The van der Waals surface area contributed by atoms with Gasteiger partial charge in [0.15, 0.2) is 0 Å². The van der Waals surface area contributed by atoms with Crippen LogP contribution in [0, 0.1) is 0 Å². The fraction of sp³-hybridized carbons (Fsp3) is 0.471. The minimum Gasteiger partial charge on any atom is -0.489 e. The van der Waals surface area contributed by atoms with E-state index in [4.69, 9.17) is 9.57 Å². The molecule has 24 heavy (non-hydrogen) atoms. The zero-order chi connectivity index (χ0) is 17.3. The third kappa shape index (κ3) is 3.06. The summed E-state index contributed by atoms with van der Waals surface area (Å²) < 4.78 is 7.48. The van der Waals surface area contributed by atoms with Crippen LogP contribution in [0.1, 0.15) is 33.3 Å². The summed E-state index contributed by atoms with van der Waals surface area (Å²) in [6, 6.07) is 5.95. The molecule has 0 radical (unpaired) electrons. The smallest absolute Gasteiger partial charge is 0.201 e. The fourth-order valence-electron chi connectivity index (χ4n) is 2.42. The molecule has 0 bridgehead atoms. The lowest BCUT2D eigenvalue weighted by atomic mass is 10.0. The molecule has 0 N–H and O–H groups in total. The van der Waals surface area contributed by atoms with E-state index in [0.717, 1.165) is 17.0 Å². The second-order valence-corrected chi connectivity index (χ2v) is 6.75. The maximum atomic E-state index is 5.89. The van der Waals surface area contributed by atoms with Crippen molar-refractivity contribution in [2.45, 2.75) is 39.3 Å². The summed E-state index contributed by atoms with van der Waals surface area (Å²) >= 11 is 0. The van der Waals surface area contributed by atoms with Crippen molar-refractivity contribution < 1.29 is 9.57 Å². The zero-order valence-corrected chi connectivity index (χ0v) is 14.7. The van der Waals surface area contributed by atoms with Crippen LogP contribution < -0.4 is 9.64 Å². The van der Waals surface area contributed by atoms with Crippen molar-refractivity contribution in [1.82, 2.24) is 14.8 Å². The Kier molecular flexibility index (Phi) is 4.17. The summed E-state index contributed by atoms with van der Waals surface area (Å²) in [5.41, 5.74) is 1.82. The van der Waals surface area contributed by atoms with Crippen molar-refractivity contribution in [2.24, 2.45) is 5.16 Å².